The van der Waals surface area contributed by atoms with Crippen molar-refractivity contribution >= 4 is 5.91 Å². The summed E-state index contributed by atoms with van der Waals surface area (Å²) < 4.78 is 10.3. The molecular weight excluding hydrogens is 356 g/mol. The number of phenolic OH excluding ortho intramolecular Hbond substituents is 1. The molecule has 0 bridgehead atoms. The SMILES string of the molecule is COc1ccc(C(=O)NCCCCN2CCc3cc(OC)c(O)cc3C2)cc1. The lowest BCUT2D eigenvalue weighted by molar-refractivity contribution is 0.0952. The monoisotopic (exact) mass is 384 g/mol. The number of rotatable bonds is 8. The Morgan fingerprint density at radius 2 is 1.89 bits per heavy atom. The number of methoxy groups -OCH3 is 2. The summed E-state index contributed by atoms with van der Waals surface area (Å²) in [6, 6.07) is 10.9. The lowest BCUT2D eigenvalue weighted by atomic mass is 9.98. The van der Waals surface area contributed by atoms with Gasteiger partial charge < -0.3 is 19.9 Å². The third kappa shape index (κ3) is 4.95. The average Bonchev–Trinajstić information content (AvgIpc) is 2.72. The summed E-state index contributed by atoms with van der Waals surface area (Å²) in [6.45, 7) is 3.47. The molecule has 0 aromatic heterocycles. The van der Waals surface area contributed by atoms with Gasteiger partial charge in [-0.05, 0) is 73.3 Å². The number of aromatic hydroxyl groups is 1. The first-order valence-electron chi connectivity index (χ1n) is 9.64. The minimum Gasteiger partial charge on any atom is -0.504 e. The van der Waals surface area contributed by atoms with Crippen molar-refractivity contribution in [2.24, 2.45) is 0 Å². The Bertz CT molecular complexity index is 805. The highest BCUT2D eigenvalue weighted by molar-refractivity contribution is 5.94. The number of ether oxygens (including phenoxy) is 2. The van der Waals surface area contributed by atoms with Crippen molar-refractivity contribution in [3.8, 4) is 17.2 Å². The highest BCUT2D eigenvalue weighted by atomic mass is 16.5. The highest BCUT2D eigenvalue weighted by Crippen LogP contribution is 2.32. The molecule has 150 valence electrons. The third-order valence-corrected chi connectivity index (χ3v) is 5.13. The Morgan fingerprint density at radius 1 is 1.11 bits per heavy atom. The molecule has 6 heteroatoms. The summed E-state index contributed by atoms with van der Waals surface area (Å²) in [6.07, 6.45) is 2.90. The number of nitrogens with zero attached hydrogens (tertiary/aromatic N) is 1. The summed E-state index contributed by atoms with van der Waals surface area (Å²) >= 11 is 0. The van der Waals surface area contributed by atoms with E-state index in [1.54, 1.807) is 38.5 Å². The normalized spacial score (nSPS) is 13.6. The molecule has 1 heterocycles. The molecule has 2 aromatic carbocycles. The van der Waals surface area contributed by atoms with Crippen molar-refractivity contribution in [2.45, 2.75) is 25.8 Å². The first-order valence-corrected chi connectivity index (χ1v) is 9.64. The number of carbonyl (C=O) groups is 1. The van der Waals surface area contributed by atoms with E-state index in [0.29, 0.717) is 17.9 Å². The van der Waals surface area contributed by atoms with E-state index in [0.717, 1.165) is 50.2 Å². The summed E-state index contributed by atoms with van der Waals surface area (Å²) in [5.41, 5.74) is 3.05. The van der Waals surface area contributed by atoms with Gasteiger partial charge in [0.1, 0.15) is 5.75 Å². The molecule has 0 saturated heterocycles. The lowest BCUT2D eigenvalue weighted by Crippen LogP contribution is -2.32. The fourth-order valence-corrected chi connectivity index (χ4v) is 3.49. The molecule has 0 unspecified atom stereocenters. The van der Waals surface area contributed by atoms with Gasteiger partial charge in [-0.25, -0.2) is 0 Å². The van der Waals surface area contributed by atoms with Crippen molar-refractivity contribution < 1.29 is 19.4 Å². The number of carbonyl (C=O) groups excluding carboxylic acids is 1. The van der Waals surface area contributed by atoms with Crippen molar-refractivity contribution in [3.63, 3.8) is 0 Å². The van der Waals surface area contributed by atoms with E-state index >= 15 is 0 Å². The Kier molecular flexibility index (Phi) is 6.76. The van der Waals surface area contributed by atoms with E-state index < -0.39 is 0 Å². The number of nitrogens with one attached hydrogen (secondary N) is 1. The topological polar surface area (TPSA) is 71.0 Å². The third-order valence-electron chi connectivity index (χ3n) is 5.13. The molecule has 0 saturated carbocycles. The van der Waals surface area contributed by atoms with E-state index in [9.17, 15) is 9.90 Å². The molecule has 0 atom stereocenters. The van der Waals surface area contributed by atoms with Gasteiger partial charge in [-0.3, -0.25) is 9.69 Å². The number of phenols is 1. The van der Waals surface area contributed by atoms with Crippen molar-refractivity contribution in [1.82, 2.24) is 10.2 Å². The van der Waals surface area contributed by atoms with Gasteiger partial charge in [-0.1, -0.05) is 0 Å². The van der Waals surface area contributed by atoms with Crippen LogP contribution in [0.4, 0.5) is 0 Å². The molecular formula is C22H28N2O4. The maximum Gasteiger partial charge on any atom is 0.251 e. The summed E-state index contributed by atoms with van der Waals surface area (Å²) in [7, 11) is 3.18. The minimum absolute atomic E-state index is 0.0565. The Labute approximate surface area is 166 Å². The van der Waals surface area contributed by atoms with Crippen LogP contribution in [0, 0.1) is 0 Å². The minimum atomic E-state index is -0.0565. The van der Waals surface area contributed by atoms with Crippen LogP contribution in [-0.2, 0) is 13.0 Å². The van der Waals surface area contributed by atoms with Crippen LogP contribution in [0.25, 0.3) is 0 Å². The second-order valence-electron chi connectivity index (χ2n) is 7.01. The van der Waals surface area contributed by atoms with Crippen LogP contribution in [0.2, 0.25) is 0 Å². The van der Waals surface area contributed by atoms with Gasteiger partial charge in [0, 0.05) is 25.2 Å². The van der Waals surface area contributed by atoms with Crippen molar-refractivity contribution in [2.75, 3.05) is 33.9 Å². The maximum atomic E-state index is 12.1. The molecule has 28 heavy (non-hydrogen) atoms. The summed E-state index contributed by atoms with van der Waals surface area (Å²) in [5.74, 6) is 1.43. The number of fused-ring (bicyclic) bond motifs is 1. The Balaban J connectivity index is 1.39. The zero-order valence-electron chi connectivity index (χ0n) is 16.5. The molecule has 1 aliphatic rings. The number of unbranched alkanes of at least 4 members (excludes halogenated alkanes) is 1. The number of amides is 1. The van der Waals surface area contributed by atoms with Crippen LogP contribution in [0.15, 0.2) is 36.4 Å². The number of benzene rings is 2. The van der Waals surface area contributed by atoms with Crippen molar-refractivity contribution in [1.29, 1.82) is 0 Å². The first-order chi connectivity index (χ1) is 13.6. The van der Waals surface area contributed by atoms with E-state index in [2.05, 4.69) is 10.2 Å². The highest BCUT2D eigenvalue weighted by Gasteiger charge is 2.18. The first kappa shape index (κ1) is 20.0. The predicted molar refractivity (Wildman–Crippen MR) is 108 cm³/mol. The summed E-state index contributed by atoms with van der Waals surface area (Å²) in [5, 5.41) is 12.9. The molecule has 6 nitrogen and oxygen atoms in total. The molecule has 0 spiro atoms. The zero-order chi connectivity index (χ0) is 19.9. The van der Waals surface area contributed by atoms with Gasteiger partial charge in [0.2, 0.25) is 0 Å². The molecule has 0 radical (unpaired) electrons. The second-order valence-corrected chi connectivity index (χ2v) is 7.01. The van der Waals surface area contributed by atoms with Gasteiger partial charge in [0.15, 0.2) is 11.5 Å². The van der Waals surface area contributed by atoms with E-state index in [4.69, 9.17) is 9.47 Å². The molecule has 2 aromatic rings. The van der Waals surface area contributed by atoms with Crippen LogP contribution in [0.5, 0.6) is 17.2 Å². The predicted octanol–water partition coefficient (Wildman–Crippen LogP) is 2.98. The van der Waals surface area contributed by atoms with Crippen LogP contribution in [-0.4, -0.2) is 49.8 Å². The molecule has 1 aliphatic heterocycles. The van der Waals surface area contributed by atoms with Gasteiger partial charge in [0.05, 0.1) is 14.2 Å². The quantitative estimate of drug-likeness (QED) is 0.685. The molecule has 2 N–H and O–H groups in total. The molecule has 0 fully saturated rings. The van der Waals surface area contributed by atoms with Gasteiger partial charge in [-0.15, -0.1) is 0 Å². The van der Waals surface area contributed by atoms with Crippen LogP contribution < -0.4 is 14.8 Å². The van der Waals surface area contributed by atoms with Crippen LogP contribution in [0.3, 0.4) is 0 Å². The van der Waals surface area contributed by atoms with E-state index in [1.165, 1.54) is 5.56 Å². The van der Waals surface area contributed by atoms with E-state index in [1.807, 2.05) is 12.1 Å². The fraction of sp³-hybridized carbons (Fsp3) is 0.409. The Morgan fingerprint density at radius 3 is 2.61 bits per heavy atom. The van der Waals surface area contributed by atoms with E-state index in [-0.39, 0.29) is 11.7 Å². The van der Waals surface area contributed by atoms with Crippen LogP contribution in [0.1, 0.15) is 34.3 Å². The van der Waals surface area contributed by atoms with Crippen LogP contribution >= 0.6 is 0 Å². The standard InChI is InChI=1S/C22H28N2O4/c1-27-19-7-5-16(6-8-19)22(26)23-10-3-4-11-24-12-9-17-14-21(28-2)20(25)13-18(17)15-24/h5-8,13-14,25H,3-4,9-12,15H2,1-2H3,(H,23,26). The maximum absolute atomic E-state index is 12.1. The van der Waals surface area contributed by atoms with Gasteiger partial charge in [0.25, 0.3) is 5.91 Å². The van der Waals surface area contributed by atoms with Gasteiger partial charge >= 0.3 is 0 Å². The fourth-order valence-electron chi connectivity index (χ4n) is 3.49. The lowest BCUT2D eigenvalue weighted by Gasteiger charge is -2.29. The van der Waals surface area contributed by atoms with Crippen molar-refractivity contribution in [3.05, 3.63) is 53.1 Å². The molecule has 1 amide bonds. The smallest absolute Gasteiger partial charge is 0.251 e. The average molecular weight is 384 g/mol. The molecule has 3 rings (SSSR count). The molecule has 0 aliphatic carbocycles. The van der Waals surface area contributed by atoms with Gasteiger partial charge in [-0.2, -0.15) is 0 Å². The largest absolute Gasteiger partial charge is 0.504 e. The summed E-state index contributed by atoms with van der Waals surface area (Å²) in [4.78, 5) is 14.5. The zero-order valence-corrected chi connectivity index (χ0v) is 16.5. The number of hydrogen-bond acceptors (Lipinski definition) is 5. The number of hydrogen-bond donors (Lipinski definition) is 2. The second kappa shape index (κ2) is 9.46. The Hall–Kier alpha value is -2.73.